The van der Waals surface area contributed by atoms with Crippen molar-refractivity contribution in [3.05, 3.63) is 38.4 Å². The van der Waals surface area contributed by atoms with Crippen LogP contribution in [0.4, 0.5) is 0 Å². The van der Waals surface area contributed by atoms with E-state index in [1.54, 1.807) is 6.92 Å². The summed E-state index contributed by atoms with van der Waals surface area (Å²) in [6.07, 6.45) is 0. The molecule has 0 atom stereocenters. The number of carbonyl (C=O) groups is 1. The lowest BCUT2D eigenvalue weighted by Gasteiger charge is -2.17. The predicted octanol–water partition coefficient (Wildman–Crippen LogP) is 3.84. The zero-order valence-electron chi connectivity index (χ0n) is 11.2. The van der Waals surface area contributed by atoms with Crippen molar-refractivity contribution in [2.45, 2.75) is 27.7 Å². The molecule has 0 heterocycles. The van der Waals surface area contributed by atoms with E-state index in [2.05, 4.69) is 15.9 Å². The van der Waals surface area contributed by atoms with E-state index >= 15 is 0 Å². The van der Waals surface area contributed by atoms with Gasteiger partial charge < -0.3 is 9.84 Å². The Morgan fingerprint density at radius 3 is 2.28 bits per heavy atom. The normalized spacial score (nSPS) is 12.1. The van der Waals surface area contributed by atoms with Crippen molar-refractivity contribution >= 4 is 27.7 Å². The summed E-state index contributed by atoms with van der Waals surface area (Å²) in [4.78, 5) is 11.1. The number of benzene rings is 1. The van der Waals surface area contributed by atoms with Crippen molar-refractivity contribution in [3.8, 4) is 0 Å². The standard InChI is InChI=1S/C14H17BrO3/c1-7-6-8(2)12(15)9(3)11(7)13(18-5)10(4)14(16)17/h6H,1-5H3,(H,16,17). The van der Waals surface area contributed by atoms with Crippen molar-refractivity contribution < 1.29 is 14.6 Å². The van der Waals surface area contributed by atoms with Crippen molar-refractivity contribution in [2.24, 2.45) is 0 Å². The van der Waals surface area contributed by atoms with Crippen LogP contribution in [0.25, 0.3) is 5.76 Å². The van der Waals surface area contributed by atoms with Gasteiger partial charge in [0.1, 0.15) is 5.76 Å². The van der Waals surface area contributed by atoms with E-state index in [9.17, 15) is 4.79 Å². The second-order valence-corrected chi connectivity index (χ2v) is 5.08. The smallest absolute Gasteiger partial charge is 0.335 e. The molecule has 98 valence electrons. The highest BCUT2D eigenvalue weighted by Crippen LogP contribution is 2.33. The third-order valence-electron chi connectivity index (χ3n) is 2.97. The molecule has 18 heavy (non-hydrogen) atoms. The number of carboxylic acids is 1. The van der Waals surface area contributed by atoms with E-state index < -0.39 is 5.97 Å². The quantitative estimate of drug-likeness (QED) is 0.681. The lowest BCUT2D eigenvalue weighted by atomic mass is 9.96. The topological polar surface area (TPSA) is 46.5 Å². The molecular formula is C14H17BrO3. The molecule has 3 nitrogen and oxygen atoms in total. The maximum Gasteiger partial charge on any atom is 0.335 e. The number of rotatable bonds is 3. The molecule has 0 fully saturated rings. The average molecular weight is 313 g/mol. The minimum atomic E-state index is -0.970. The Balaban J connectivity index is 3.64. The van der Waals surface area contributed by atoms with Crippen LogP contribution in [0.1, 0.15) is 29.2 Å². The number of aryl methyl sites for hydroxylation is 2. The molecule has 0 saturated heterocycles. The predicted molar refractivity (Wildman–Crippen MR) is 75.6 cm³/mol. The lowest BCUT2D eigenvalue weighted by molar-refractivity contribution is -0.132. The van der Waals surface area contributed by atoms with Gasteiger partial charge in [-0.1, -0.05) is 22.0 Å². The van der Waals surface area contributed by atoms with Gasteiger partial charge in [-0.2, -0.15) is 0 Å². The van der Waals surface area contributed by atoms with Crippen LogP contribution in [0.15, 0.2) is 16.1 Å². The molecule has 1 aromatic rings. The van der Waals surface area contributed by atoms with E-state index in [4.69, 9.17) is 9.84 Å². The third-order valence-corrected chi connectivity index (χ3v) is 4.19. The number of methoxy groups -OCH3 is 1. The Hall–Kier alpha value is -1.29. The van der Waals surface area contributed by atoms with Crippen LogP contribution in [0, 0.1) is 20.8 Å². The van der Waals surface area contributed by atoms with Crippen LogP contribution in [0.5, 0.6) is 0 Å². The lowest BCUT2D eigenvalue weighted by Crippen LogP contribution is -2.06. The van der Waals surface area contributed by atoms with Gasteiger partial charge in [-0.25, -0.2) is 4.79 Å². The highest BCUT2D eigenvalue weighted by Gasteiger charge is 2.18. The van der Waals surface area contributed by atoms with Crippen LogP contribution in [0.2, 0.25) is 0 Å². The van der Waals surface area contributed by atoms with E-state index in [1.165, 1.54) is 7.11 Å². The van der Waals surface area contributed by atoms with Gasteiger partial charge in [0.05, 0.1) is 12.7 Å². The fraction of sp³-hybridized carbons (Fsp3) is 0.357. The van der Waals surface area contributed by atoms with Crippen LogP contribution < -0.4 is 0 Å². The van der Waals surface area contributed by atoms with Gasteiger partial charge in [-0.15, -0.1) is 0 Å². The summed E-state index contributed by atoms with van der Waals surface area (Å²) in [5.41, 5.74) is 4.17. The summed E-state index contributed by atoms with van der Waals surface area (Å²) < 4.78 is 6.28. The summed E-state index contributed by atoms with van der Waals surface area (Å²) in [7, 11) is 1.49. The van der Waals surface area contributed by atoms with Gasteiger partial charge in [0.25, 0.3) is 0 Å². The minimum Gasteiger partial charge on any atom is -0.496 e. The highest BCUT2D eigenvalue weighted by molar-refractivity contribution is 9.10. The van der Waals surface area contributed by atoms with Crippen LogP contribution in [-0.4, -0.2) is 18.2 Å². The maximum atomic E-state index is 11.1. The summed E-state index contributed by atoms with van der Waals surface area (Å²) >= 11 is 3.52. The summed E-state index contributed by atoms with van der Waals surface area (Å²) in [5, 5.41) is 9.10. The Kier molecular flexibility index (Phi) is 4.57. The Labute approximate surface area is 116 Å². The largest absolute Gasteiger partial charge is 0.496 e. The van der Waals surface area contributed by atoms with Crippen LogP contribution in [-0.2, 0) is 9.53 Å². The molecule has 0 radical (unpaired) electrons. The monoisotopic (exact) mass is 312 g/mol. The Morgan fingerprint density at radius 2 is 1.83 bits per heavy atom. The average Bonchev–Trinajstić information content (AvgIpc) is 2.30. The number of hydrogen-bond donors (Lipinski definition) is 1. The molecule has 0 amide bonds. The fourth-order valence-corrected chi connectivity index (χ4v) is 2.36. The SMILES string of the molecule is COC(=C(C)C(=O)O)c1c(C)cc(C)c(Br)c1C. The van der Waals surface area contributed by atoms with E-state index in [1.807, 2.05) is 26.8 Å². The molecule has 0 aromatic heterocycles. The van der Waals surface area contributed by atoms with Crippen LogP contribution >= 0.6 is 15.9 Å². The Morgan fingerprint density at radius 1 is 1.28 bits per heavy atom. The minimum absolute atomic E-state index is 0.208. The van der Waals surface area contributed by atoms with Crippen molar-refractivity contribution in [1.82, 2.24) is 0 Å². The molecule has 1 rings (SSSR count). The molecule has 4 heteroatoms. The molecule has 0 aliphatic carbocycles. The molecule has 0 saturated carbocycles. The molecule has 0 spiro atoms. The zero-order valence-corrected chi connectivity index (χ0v) is 12.8. The van der Waals surface area contributed by atoms with Crippen molar-refractivity contribution in [1.29, 1.82) is 0 Å². The fourth-order valence-electron chi connectivity index (χ4n) is 2.05. The van der Waals surface area contributed by atoms with E-state index in [-0.39, 0.29) is 5.57 Å². The number of hydrogen-bond acceptors (Lipinski definition) is 2. The zero-order chi connectivity index (χ0) is 14.0. The Bertz CT molecular complexity index is 530. The molecule has 0 aliphatic heterocycles. The molecule has 1 aromatic carbocycles. The number of carboxylic acid groups (broad SMARTS) is 1. The first kappa shape index (κ1) is 14.8. The van der Waals surface area contributed by atoms with E-state index in [0.717, 1.165) is 26.7 Å². The first-order valence-electron chi connectivity index (χ1n) is 5.56. The first-order valence-corrected chi connectivity index (χ1v) is 6.35. The van der Waals surface area contributed by atoms with Gasteiger partial charge in [-0.3, -0.25) is 0 Å². The number of ether oxygens (including phenoxy) is 1. The van der Waals surface area contributed by atoms with Gasteiger partial charge in [-0.05, 0) is 44.4 Å². The third kappa shape index (κ3) is 2.58. The second kappa shape index (κ2) is 5.57. The van der Waals surface area contributed by atoms with Crippen molar-refractivity contribution in [2.75, 3.05) is 7.11 Å². The van der Waals surface area contributed by atoms with Crippen molar-refractivity contribution in [3.63, 3.8) is 0 Å². The molecule has 1 N–H and O–H groups in total. The number of aliphatic carboxylic acids is 1. The van der Waals surface area contributed by atoms with E-state index in [0.29, 0.717) is 5.76 Å². The highest BCUT2D eigenvalue weighted by atomic mass is 79.9. The molecule has 0 bridgehead atoms. The second-order valence-electron chi connectivity index (χ2n) is 4.29. The van der Waals surface area contributed by atoms with Gasteiger partial charge in [0.15, 0.2) is 0 Å². The summed E-state index contributed by atoms with van der Waals surface area (Å²) in [6.45, 7) is 7.46. The van der Waals surface area contributed by atoms with Gasteiger partial charge in [0.2, 0.25) is 0 Å². The molecule has 0 aliphatic rings. The van der Waals surface area contributed by atoms with Gasteiger partial charge in [0, 0.05) is 10.0 Å². The molecule has 0 unspecified atom stereocenters. The number of halogens is 1. The first-order chi connectivity index (χ1) is 8.31. The maximum absolute atomic E-state index is 11.1. The van der Waals surface area contributed by atoms with Crippen LogP contribution in [0.3, 0.4) is 0 Å². The summed E-state index contributed by atoms with van der Waals surface area (Å²) in [5.74, 6) is -0.555. The molecular weight excluding hydrogens is 296 g/mol. The van der Waals surface area contributed by atoms with Gasteiger partial charge >= 0.3 is 5.97 Å². The summed E-state index contributed by atoms with van der Waals surface area (Å²) in [6, 6.07) is 2.01.